The van der Waals surface area contributed by atoms with Crippen molar-refractivity contribution >= 4 is 11.8 Å². The number of benzene rings is 1. The molecular formula is C17H26N2OS. The van der Waals surface area contributed by atoms with Gasteiger partial charge in [-0.2, -0.15) is 5.26 Å². The number of hydrogen-bond acceptors (Lipinski definition) is 4. The maximum Gasteiger partial charge on any atom is 0.119 e. The first-order chi connectivity index (χ1) is 10.1. The van der Waals surface area contributed by atoms with Gasteiger partial charge in [-0.3, -0.25) is 5.32 Å². The average molecular weight is 306 g/mol. The Balaban J connectivity index is 2.26. The molecule has 0 spiro atoms. The zero-order valence-corrected chi connectivity index (χ0v) is 14.1. The first-order valence-corrected chi connectivity index (χ1v) is 8.55. The quantitative estimate of drug-likeness (QED) is 0.519. The minimum Gasteiger partial charge on any atom is -0.497 e. The summed E-state index contributed by atoms with van der Waals surface area (Å²) in [7, 11) is 1.69. The van der Waals surface area contributed by atoms with E-state index in [1.807, 2.05) is 30.8 Å². The molecule has 1 rings (SSSR count). The first kappa shape index (κ1) is 17.9. The summed E-state index contributed by atoms with van der Waals surface area (Å²) in [6, 6.07) is 10.5. The first-order valence-electron chi connectivity index (χ1n) is 7.56. The van der Waals surface area contributed by atoms with Gasteiger partial charge in [0.15, 0.2) is 0 Å². The van der Waals surface area contributed by atoms with Crippen LogP contribution in [-0.4, -0.2) is 24.9 Å². The molecule has 1 aromatic carbocycles. The minimum atomic E-state index is -0.378. The average Bonchev–Trinajstić information content (AvgIpc) is 2.53. The van der Waals surface area contributed by atoms with Gasteiger partial charge >= 0.3 is 0 Å². The van der Waals surface area contributed by atoms with Crippen LogP contribution in [0.25, 0.3) is 0 Å². The van der Waals surface area contributed by atoms with E-state index in [1.54, 1.807) is 7.11 Å². The summed E-state index contributed by atoms with van der Waals surface area (Å²) in [5.41, 5.74) is -0.378. The maximum atomic E-state index is 9.27. The predicted octanol–water partition coefficient (Wildman–Crippen LogP) is 4.24. The van der Waals surface area contributed by atoms with Crippen LogP contribution < -0.4 is 10.1 Å². The van der Waals surface area contributed by atoms with Gasteiger partial charge in [-0.15, -0.1) is 11.8 Å². The van der Waals surface area contributed by atoms with Crippen molar-refractivity contribution in [2.75, 3.05) is 19.4 Å². The Kier molecular flexibility index (Phi) is 8.26. The third kappa shape index (κ3) is 6.88. The molecule has 0 radical (unpaired) electrons. The highest BCUT2D eigenvalue weighted by Gasteiger charge is 2.21. The third-order valence-electron chi connectivity index (χ3n) is 3.39. The molecule has 0 saturated carbocycles. The second kappa shape index (κ2) is 9.70. The van der Waals surface area contributed by atoms with Crippen LogP contribution in [0.2, 0.25) is 0 Å². The fourth-order valence-electron chi connectivity index (χ4n) is 2.05. The molecule has 0 aliphatic carbocycles. The molecule has 0 bridgehead atoms. The van der Waals surface area contributed by atoms with Crippen molar-refractivity contribution in [3.8, 4) is 11.8 Å². The Labute approximate surface area is 133 Å². The van der Waals surface area contributed by atoms with Crippen LogP contribution in [0.5, 0.6) is 5.75 Å². The van der Waals surface area contributed by atoms with E-state index < -0.39 is 0 Å². The molecule has 1 N–H and O–H groups in total. The van der Waals surface area contributed by atoms with Crippen molar-refractivity contribution < 1.29 is 4.74 Å². The number of nitrogens with zero attached hydrogens (tertiary/aromatic N) is 1. The number of nitriles is 1. The summed E-state index contributed by atoms with van der Waals surface area (Å²) in [5.74, 6) is 1.98. The van der Waals surface area contributed by atoms with Crippen LogP contribution in [0.15, 0.2) is 29.2 Å². The van der Waals surface area contributed by atoms with E-state index >= 15 is 0 Å². The van der Waals surface area contributed by atoms with Crippen LogP contribution in [0.3, 0.4) is 0 Å². The van der Waals surface area contributed by atoms with Gasteiger partial charge in [0.2, 0.25) is 0 Å². The van der Waals surface area contributed by atoms with Gasteiger partial charge in [0.25, 0.3) is 0 Å². The highest BCUT2D eigenvalue weighted by atomic mass is 32.2. The Morgan fingerprint density at radius 2 is 2.19 bits per heavy atom. The lowest BCUT2D eigenvalue weighted by atomic mass is 9.96. The van der Waals surface area contributed by atoms with E-state index in [-0.39, 0.29) is 5.54 Å². The van der Waals surface area contributed by atoms with Crippen molar-refractivity contribution in [2.45, 2.75) is 50.0 Å². The molecule has 0 aliphatic rings. The van der Waals surface area contributed by atoms with Crippen molar-refractivity contribution in [2.24, 2.45) is 0 Å². The SMILES string of the molecule is CCCNC(C)(C#N)CCCCSc1cccc(OC)c1. The van der Waals surface area contributed by atoms with E-state index in [9.17, 15) is 5.26 Å². The van der Waals surface area contributed by atoms with Gasteiger partial charge in [-0.1, -0.05) is 13.0 Å². The molecular weight excluding hydrogens is 280 g/mol. The van der Waals surface area contributed by atoms with E-state index in [0.29, 0.717) is 0 Å². The summed E-state index contributed by atoms with van der Waals surface area (Å²) < 4.78 is 5.22. The number of unbranched alkanes of at least 4 members (excludes halogenated alkanes) is 1. The second-order valence-corrected chi connectivity index (χ2v) is 6.52. The molecule has 4 heteroatoms. The molecule has 0 aliphatic heterocycles. The summed E-state index contributed by atoms with van der Waals surface area (Å²) in [5, 5.41) is 12.6. The second-order valence-electron chi connectivity index (χ2n) is 5.36. The van der Waals surface area contributed by atoms with Gasteiger partial charge in [0.1, 0.15) is 11.3 Å². The molecule has 0 amide bonds. The molecule has 116 valence electrons. The molecule has 1 atom stereocenters. The van der Waals surface area contributed by atoms with Crippen molar-refractivity contribution in [3.63, 3.8) is 0 Å². The van der Waals surface area contributed by atoms with Gasteiger partial charge < -0.3 is 4.74 Å². The minimum absolute atomic E-state index is 0.378. The van der Waals surface area contributed by atoms with Gasteiger partial charge in [-0.25, -0.2) is 0 Å². The lowest BCUT2D eigenvalue weighted by Crippen LogP contribution is -2.41. The van der Waals surface area contributed by atoms with Crippen LogP contribution in [0.1, 0.15) is 39.5 Å². The zero-order chi connectivity index (χ0) is 15.6. The van der Waals surface area contributed by atoms with Crippen molar-refractivity contribution in [1.82, 2.24) is 5.32 Å². The van der Waals surface area contributed by atoms with Crippen LogP contribution in [0.4, 0.5) is 0 Å². The van der Waals surface area contributed by atoms with Crippen molar-refractivity contribution in [3.05, 3.63) is 24.3 Å². The zero-order valence-electron chi connectivity index (χ0n) is 13.3. The summed E-state index contributed by atoms with van der Waals surface area (Å²) in [6.45, 7) is 5.02. The van der Waals surface area contributed by atoms with E-state index in [1.165, 1.54) is 4.90 Å². The standard InChI is InChI=1S/C17H26N2OS/c1-4-11-19-17(2,14-18)10-5-6-12-21-16-9-7-8-15(13-16)20-3/h7-9,13,19H,4-6,10-12H2,1-3H3. The Hall–Kier alpha value is -1.18. The number of thioether (sulfide) groups is 1. The smallest absolute Gasteiger partial charge is 0.119 e. The number of methoxy groups -OCH3 is 1. The normalized spacial score (nSPS) is 13.4. The molecule has 0 fully saturated rings. The highest BCUT2D eigenvalue weighted by Crippen LogP contribution is 2.24. The van der Waals surface area contributed by atoms with E-state index in [4.69, 9.17) is 4.74 Å². The van der Waals surface area contributed by atoms with Crippen molar-refractivity contribution in [1.29, 1.82) is 5.26 Å². The van der Waals surface area contributed by atoms with E-state index in [0.717, 1.165) is 43.7 Å². The number of rotatable bonds is 10. The fourth-order valence-corrected chi connectivity index (χ4v) is 3.00. The third-order valence-corrected chi connectivity index (χ3v) is 4.47. The summed E-state index contributed by atoms with van der Waals surface area (Å²) in [4.78, 5) is 1.24. The Bertz CT molecular complexity index is 458. The molecule has 0 heterocycles. The number of nitrogens with one attached hydrogen (secondary N) is 1. The summed E-state index contributed by atoms with van der Waals surface area (Å²) >= 11 is 1.84. The molecule has 21 heavy (non-hydrogen) atoms. The Morgan fingerprint density at radius 3 is 2.86 bits per heavy atom. The van der Waals surface area contributed by atoms with Crippen LogP contribution >= 0.6 is 11.8 Å². The molecule has 1 unspecified atom stereocenters. The highest BCUT2D eigenvalue weighted by molar-refractivity contribution is 7.99. The van der Waals surface area contributed by atoms with Gasteiger partial charge in [-0.05, 0) is 63.1 Å². The Morgan fingerprint density at radius 1 is 1.38 bits per heavy atom. The lowest BCUT2D eigenvalue weighted by molar-refractivity contribution is 0.406. The monoisotopic (exact) mass is 306 g/mol. The van der Waals surface area contributed by atoms with Gasteiger partial charge in [0, 0.05) is 4.90 Å². The largest absolute Gasteiger partial charge is 0.497 e. The predicted molar refractivity (Wildman–Crippen MR) is 89.9 cm³/mol. The lowest BCUT2D eigenvalue weighted by Gasteiger charge is -2.22. The van der Waals surface area contributed by atoms with Crippen LogP contribution in [-0.2, 0) is 0 Å². The summed E-state index contributed by atoms with van der Waals surface area (Å²) in [6.07, 6.45) is 4.15. The number of hydrogen-bond donors (Lipinski definition) is 1. The van der Waals surface area contributed by atoms with Gasteiger partial charge in [0.05, 0.1) is 13.2 Å². The fraction of sp³-hybridized carbons (Fsp3) is 0.588. The molecule has 3 nitrogen and oxygen atoms in total. The van der Waals surface area contributed by atoms with E-state index in [2.05, 4.69) is 30.4 Å². The maximum absolute atomic E-state index is 9.27. The molecule has 1 aromatic rings. The topological polar surface area (TPSA) is 45.0 Å². The molecule has 0 saturated heterocycles. The number of ether oxygens (including phenoxy) is 1. The van der Waals surface area contributed by atoms with Crippen LogP contribution in [0, 0.1) is 11.3 Å². The molecule has 0 aromatic heterocycles.